The van der Waals surface area contributed by atoms with Crippen molar-refractivity contribution >= 4 is 5.82 Å². The molecule has 0 spiro atoms. The molecule has 1 aromatic rings. The lowest BCUT2D eigenvalue weighted by atomic mass is 10.3. The van der Waals surface area contributed by atoms with Crippen molar-refractivity contribution in [3.8, 4) is 0 Å². The second-order valence-corrected chi connectivity index (χ2v) is 3.77. The van der Waals surface area contributed by atoms with Gasteiger partial charge in [-0.25, -0.2) is 4.98 Å². The van der Waals surface area contributed by atoms with Crippen LogP contribution in [0.1, 0.15) is 26.7 Å². The van der Waals surface area contributed by atoms with Gasteiger partial charge in [-0.15, -0.1) is 0 Å². The van der Waals surface area contributed by atoms with Crippen LogP contribution in [0.4, 0.5) is 5.82 Å². The number of nitrogens with zero attached hydrogens (tertiary/aromatic N) is 1. The van der Waals surface area contributed by atoms with E-state index in [2.05, 4.69) is 24.1 Å². The minimum atomic E-state index is 0.341. The Morgan fingerprint density at radius 1 is 1.33 bits per heavy atom. The van der Waals surface area contributed by atoms with E-state index < -0.39 is 0 Å². The zero-order valence-electron chi connectivity index (χ0n) is 9.57. The number of hydrogen-bond donors (Lipinski definition) is 1. The largest absolute Gasteiger partial charge is 0.379 e. The molecule has 0 amide bonds. The maximum Gasteiger partial charge on any atom is 0.125 e. The molecule has 0 aliphatic heterocycles. The minimum Gasteiger partial charge on any atom is -0.379 e. The molecule has 0 bridgehead atoms. The van der Waals surface area contributed by atoms with Gasteiger partial charge >= 0.3 is 0 Å². The standard InChI is InChI=1S/C12H20N2O/c1-11(2)15-10-6-5-9-14-12-7-3-4-8-13-12/h3-4,7-8,11H,5-6,9-10H2,1-2H3,(H,13,14). The highest BCUT2D eigenvalue weighted by molar-refractivity contribution is 5.32. The Labute approximate surface area is 91.9 Å². The van der Waals surface area contributed by atoms with Crippen LogP contribution in [-0.2, 0) is 4.74 Å². The average molecular weight is 208 g/mol. The van der Waals surface area contributed by atoms with E-state index in [4.69, 9.17) is 4.74 Å². The van der Waals surface area contributed by atoms with Gasteiger partial charge in [0.1, 0.15) is 5.82 Å². The Kier molecular flexibility index (Phi) is 5.78. The van der Waals surface area contributed by atoms with E-state index in [0.717, 1.165) is 31.8 Å². The highest BCUT2D eigenvalue weighted by Crippen LogP contribution is 2.00. The molecule has 0 aromatic carbocycles. The van der Waals surface area contributed by atoms with Crippen molar-refractivity contribution in [2.45, 2.75) is 32.8 Å². The van der Waals surface area contributed by atoms with E-state index in [1.807, 2.05) is 18.2 Å². The topological polar surface area (TPSA) is 34.1 Å². The number of nitrogens with one attached hydrogen (secondary N) is 1. The predicted octanol–water partition coefficient (Wildman–Crippen LogP) is 2.70. The maximum atomic E-state index is 5.45. The van der Waals surface area contributed by atoms with Crippen molar-refractivity contribution in [3.05, 3.63) is 24.4 Å². The van der Waals surface area contributed by atoms with Crippen LogP contribution in [0.3, 0.4) is 0 Å². The van der Waals surface area contributed by atoms with Crippen molar-refractivity contribution in [3.63, 3.8) is 0 Å². The first-order valence-corrected chi connectivity index (χ1v) is 5.55. The van der Waals surface area contributed by atoms with Crippen molar-refractivity contribution in [1.82, 2.24) is 4.98 Å². The highest BCUT2D eigenvalue weighted by Gasteiger charge is 1.94. The molecule has 0 fully saturated rings. The summed E-state index contributed by atoms with van der Waals surface area (Å²) in [6.07, 6.45) is 4.35. The first-order chi connectivity index (χ1) is 7.29. The van der Waals surface area contributed by atoms with Crippen molar-refractivity contribution < 1.29 is 4.74 Å². The van der Waals surface area contributed by atoms with Crippen molar-refractivity contribution in [2.24, 2.45) is 0 Å². The van der Waals surface area contributed by atoms with Crippen LogP contribution >= 0.6 is 0 Å². The van der Waals surface area contributed by atoms with Gasteiger partial charge in [0.25, 0.3) is 0 Å². The van der Waals surface area contributed by atoms with E-state index in [9.17, 15) is 0 Å². The summed E-state index contributed by atoms with van der Waals surface area (Å²) in [7, 11) is 0. The van der Waals surface area contributed by atoms with Gasteiger partial charge in [0.2, 0.25) is 0 Å². The zero-order chi connectivity index (χ0) is 10.9. The number of unbranched alkanes of at least 4 members (excludes halogenated alkanes) is 1. The summed E-state index contributed by atoms with van der Waals surface area (Å²) in [5.41, 5.74) is 0. The summed E-state index contributed by atoms with van der Waals surface area (Å²) in [4.78, 5) is 4.18. The van der Waals surface area contributed by atoms with Crippen LogP contribution in [0.25, 0.3) is 0 Å². The minimum absolute atomic E-state index is 0.341. The van der Waals surface area contributed by atoms with Crippen molar-refractivity contribution in [2.75, 3.05) is 18.5 Å². The van der Waals surface area contributed by atoms with Crippen LogP contribution in [0.15, 0.2) is 24.4 Å². The summed E-state index contributed by atoms with van der Waals surface area (Å²) < 4.78 is 5.45. The van der Waals surface area contributed by atoms with Crippen LogP contribution in [0.5, 0.6) is 0 Å². The summed E-state index contributed by atoms with van der Waals surface area (Å²) in [5.74, 6) is 0.947. The van der Waals surface area contributed by atoms with Crippen LogP contribution in [0, 0.1) is 0 Å². The molecular formula is C12H20N2O. The van der Waals surface area contributed by atoms with E-state index in [-0.39, 0.29) is 0 Å². The molecule has 15 heavy (non-hydrogen) atoms. The molecule has 84 valence electrons. The summed E-state index contributed by atoms with van der Waals surface area (Å²) in [6.45, 7) is 5.93. The molecule has 3 nitrogen and oxygen atoms in total. The maximum absolute atomic E-state index is 5.45. The Hall–Kier alpha value is -1.09. The van der Waals surface area contributed by atoms with Crippen LogP contribution in [0.2, 0.25) is 0 Å². The molecule has 0 saturated heterocycles. The van der Waals surface area contributed by atoms with Gasteiger partial charge in [-0.1, -0.05) is 6.07 Å². The molecule has 0 saturated carbocycles. The van der Waals surface area contributed by atoms with Gasteiger partial charge < -0.3 is 10.1 Å². The predicted molar refractivity (Wildman–Crippen MR) is 63.0 cm³/mol. The Balaban J connectivity index is 1.98. The van der Waals surface area contributed by atoms with Gasteiger partial charge in [0.05, 0.1) is 6.10 Å². The molecule has 1 heterocycles. The summed E-state index contributed by atoms with van der Waals surface area (Å²) >= 11 is 0. The third-order valence-corrected chi connectivity index (χ3v) is 1.99. The molecule has 0 aliphatic rings. The Bertz CT molecular complexity index is 249. The second-order valence-electron chi connectivity index (χ2n) is 3.77. The van der Waals surface area contributed by atoms with Gasteiger partial charge in [0, 0.05) is 19.3 Å². The van der Waals surface area contributed by atoms with Gasteiger partial charge in [-0.2, -0.15) is 0 Å². The smallest absolute Gasteiger partial charge is 0.125 e. The molecule has 1 rings (SSSR count). The third kappa shape index (κ3) is 6.07. The monoisotopic (exact) mass is 208 g/mol. The molecular weight excluding hydrogens is 188 g/mol. The fourth-order valence-corrected chi connectivity index (χ4v) is 1.23. The van der Waals surface area contributed by atoms with Crippen LogP contribution < -0.4 is 5.32 Å². The fourth-order valence-electron chi connectivity index (χ4n) is 1.23. The molecule has 0 radical (unpaired) electrons. The number of hydrogen-bond acceptors (Lipinski definition) is 3. The number of aromatic nitrogens is 1. The summed E-state index contributed by atoms with van der Waals surface area (Å²) in [5, 5.41) is 3.27. The first-order valence-electron chi connectivity index (χ1n) is 5.55. The second kappa shape index (κ2) is 7.23. The zero-order valence-corrected chi connectivity index (χ0v) is 9.57. The Morgan fingerprint density at radius 3 is 2.87 bits per heavy atom. The number of ether oxygens (including phenoxy) is 1. The molecule has 3 heteroatoms. The molecule has 1 N–H and O–H groups in total. The Morgan fingerprint density at radius 2 is 2.20 bits per heavy atom. The van der Waals surface area contributed by atoms with E-state index in [1.54, 1.807) is 6.20 Å². The number of rotatable bonds is 7. The lowest BCUT2D eigenvalue weighted by Gasteiger charge is -2.07. The molecule has 0 unspecified atom stereocenters. The quantitative estimate of drug-likeness (QED) is 0.699. The SMILES string of the molecule is CC(C)OCCCCNc1ccccn1. The van der Waals surface area contributed by atoms with Crippen molar-refractivity contribution in [1.29, 1.82) is 0 Å². The summed E-state index contributed by atoms with van der Waals surface area (Å²) in [6, 6.07) is 5.88. The molecule has 0 aliphatic carbocycles. The third-order valence-electron chi connectivity index (χ3n) is 1.99. The normalized spacial score (nSPS) is 10.6. The molecule has 0 atom stereocenters. The number of anilines is 1. The van der Waals surface area contributed by atoms with E-state index in [1.165, 1.54) is 0 Å². The van der Waals surface area contributed by atoms with E-state index >= 15 is 0 Å². The lowest BCUT2D eigenvalue weighted by Crippen LogP contribution is -2.07. The average Bonchev–Trinajstić information content (AvgIpc) is 2.24. The van der Waals surface area contributed by atoms with Gasteiger partial charge in [0.15, 0.2) is 0 Å². The fraction of sp³-hybridized carbons (Fsp3) is 0.583. The number of pyridine rings is 1. The highest BCUT2D eigenvalue weighted by atomic mass is 16.5. The molecule has 1 aromatic heterocycles. The first kappa shape index (κ1) is 12.0. The van der Waals surface area contributed by atoms with E-state index in [0.29, 0.717) is 6.10 Å². The lowest BCUT2D eigenvalue weighted by molar-refractivity contribution is 0.0765. The van der Waals surface area contributed by atoms with Crippen LogP contribution in [-0.4, -0.2) is 24.2 Å². The van der Waals surface area contributed by atoms with Gasteiger partial charge in [-0.3, -0.25) is 0 Å². The van der Waals surface area contributed by atoms with Gasteiger partial charge in [-0.05, 0) is 38.8 Å².